The van der Waals surface area contributed by atoms with Crippen LogP contribution in [0.5, 0.6) is 5.75 Å². The molecule has 0 spiro atoms. The van der Waals surface area contributed by atoms with Crippen LogP contribution in [0.4, 0.5) is 5.69 Å². The number of halogens is 1. The van der Waals surface area contributed by atoms with E-state index in [-0.39, 0.29) is 6.54 Å². The number of carbonyl (C=O) groups excluding carboxylic acids is 1. The first-order valence-corrected chi connectivity index (χ1v) is 10.3. The zero-order valence-corrected chi connectivity index (χ0v) is 18.3. The van der Waals surface area contributed by atoms with E-state index >= 15 is 0 Å². The molecule has 0 saturated carbocycles. The SMILES string of the molecule is COc1cccc(-n2nc(C(=O)Nc3ccccc3)c(=O)n(Cc3ccccc3Cl)c2=O)c1. The van der Waals surface area contributed by atoms with E-state index < -0.39 is 22.9 Å². The molecule has 1 aromatic heterocycles. The van der Waals surface area contributed by atoms with Crippen molar-refractivity contribution >= 4 is 23.2 Å². The summed E-state index contributed by atoms with van der Waals surface area (Å²) < 4.78 is 7.17. The van der Waals surface area contributed by atoms with Crippen LogP contribution in [0.1, 0.15) is 16.1 Å². The molecule has 1 amide bonds. The van der Waals surface area contributed by atoms with Crippen LogP contribution < -0.4 is 21.3 Å². The van der Waals surface area contributed by atoms with E-state index in [1.165, 1.54) is 7.11 Å². The molecule has 0 atom stereocenters. The molecule has 0 aliphatic carbocycles. The number of rotatable bonds is 6. The Morgan fingerprint density at radius 1 is 1.00 bits per heavy atom. The Labute approximate surface area is 193 Å². The molecule has 166 valence electrons. The van der Waals surface area contributed by atoms with Crippen molar-refractivity contribution in [3.8, 4) is 11.4 Å². The molecule has 0 aliphatic heterocycles. The van der Waals surface area contributed by atoms with E-state index in [4.69, 9.17) is 16.3 Å². The monoisotopic (exact) mass is 462 g/mol. The molecule has 1 heterocycles. The van der Waals surface area contributed by atoms with Gasteiger partial charge in [0.05, 0.1) is 19.3 Å². The van der Waals surface area contributed by atoms with Gasteiger partial charge < -0.3 is 10.1 Å². The average molecular weight is 463 g/mol. The predicted octanol–water partition coefficient (Wildman–Crippen LogP) is 3.36. The van der Waals surface area contributed by atoms with Crippen molar-refractivity contribution in [2.24, 2.45) is 0 Å². The summed E-state index contributed by atoms with van der Waals surface area (Å²) >= 11 is 6.25. The number of hydrogen-bond donors (Lipinski definition) is 1. The zero-order chi connectivity index (χ0) is 23.4. The maximum atomic E-state index is 13.3. The minimum Gasteiger partial charge on any atom is -0.497 e. The lowest BCUT2D eigenvalue weighted by Crippen LogP contribution is -2.45. The molecule has 9 heteroatoms. The highest BCUT2D eigenvalue weighted by Crippen LogP contribution is 2.16. The fourth-order valence-corrected chi connectivity index (χ4v) is 3.41. The van der Waals surface area contributed by atoms with E-state index in [1.807, 2.05) is 0 Å². The highest BCUT2D eigenvalue weighted by molar-refractivity contribution is 6.31. The van der Waals surface area contributed by atoms with Crippen LogP contribution in [0.3, 0.4) is 0 Å². The summed E-state index contributed by atoms with van der Waals surface area (Å²) in [5, 5.41) is 7.14. The van der Waals surface area contributed by atoms with Gasteiger partial charge in [-0.1, -0.05) is 54.1 Å². The molecule has 1 N–H and O–H groups in total. The molecule has 0 bridgehead atoms. The third kappa shape index (κ3) is 4.70. The summed E-state index contributed by atoms with van der Waals surface area (Å²) in [6, 6.07) is 22.1. The smallest absolute Gasteiger partial charge is 0.352 e. The number of methoxy groups -OCH3 is 1. The van der Waals surface area contributed by atoms with Gasteiger partial charge in [0, 0.05) is 16.8 Å². The van der Waals surface area contributed by atoms with Crippen LogP contribution >= 0.6 is 11.6 Å². The Morgan fingerprint density at radius 3 is 2.45 bits per heavy atom. The maximum Gasteiger partial charge on any atom is 0.352 e. The second kappa shape index (κ2) is 9.54. The van der Waals surface area contributed by atoms with Crippen molar-refractivity contribution in [2.75, 3.05) is 12.4 Å². The number of ether oxygens (including phenoxy) is 1. The second-order valence-corrected chi connectivity index (χ2v) is 7.45. The molecule has 4 rings (SSSR count). The quantitative estimate of drug-likeness (QED) is 0.474. The molecule has 0 unspecified atom stereocenters. The van der Waals surface area contributed by atoms with Gasteiger partial charge in [0.25, 0.3) is 11.5 Å². The number of nitrogens with one attached hydrogen (secondary N) is 1. The maximum absolute atomic E-state index is 13.3. The van der Waals surface area contributed by atoms with Crippen LogP contribution in [0, 0.1) is 0 Å². The van der Waals surface area contributed by atoms with Crippen LogP contribution in [0.15, 0.2) is 88.5 Å². The third-order valence-electron chi connectivity index (χ3n) is 4.89. The molecule has 33 heavy (non-hydrogen) atoms. The summed E-state index contributed by atoms with van der Waals surface area (Å²) in [7, 11) is 1.49. The molecule has 0 radical (unpaired) electrons. The Kier molecular flexibility index (Phi) is 6.37. The van der Waals surface area contributed by atoms with Crippen molar-refractivity contribution in [2.45, 2.75) is 6.54 Å². The Bertz CT molecular complexity index is 1430. The second-order valence-electron chi connectivity index (χ2n) is 7.05. The highest BCUT2D eigenvalue weighted by atomic mass is 35.5. The molecule has 8 nitrogen and oxygen atoms in total. The summed E-state index contributed by atoms with van der Waals surface area (Å²) in [5.41, 5.74) is -0.608. The largest absolute Gasteiger partial charge is 0.497 e. The zero-order valence-electron chi connectivity index (χ0n) is 17.6. The van der Waals surface area contributed by atoms with E-state index in [2.05, 4.69) is 10.4 Å². The summed E-state index contributed by atoms with van der Waals surface area (Å²) in [6.45, 7) is -0.130. The number of anilines is 1. The van der Waals surface area contributed by atoms with Gasteiger partial charge in [0.1, 0.15) is 5.75 Å². The van der Waals surface area contributed by atoms with Crippen LogP contribution in [-0.4, -0.2) is 27.4 Å². The van der Waals surface area contributed by atoms with Gasteiger partial charge in [0.15, 0.2) is 0 Å². The number of nitrogens with zero attached hydrogens (tertiary/aromatic N) is 3. The molecule has 3 aromatic carbocycles. The number of hydrogen-bond acceptors (Lipinski definition) is 5. The van der Waals surface area contributed by atoms with E-state index in [1.54, 1.807) is 78.9 Å². The Hall–Kier alpha value is -4.17. The van der Waals surface area contributed by atoms with E-state index in [9.17, 15) is 14.4 Å². The molecule has 0 aliphatic rings. The summed E-state index contributed by atoms with van der Waals surface area (Å²) in [4.78, 5) is 39.5. The lowest BCUT2D eigenvalue weighted by Gasteiger charge is -2.13. The lowest BCUT2D eigenvalue weighted by molar-refractivity contribution is 0.101. The van der Waals surface area contributed by atoms with Gasteiger partial charge in [-0.15, -0.1) is 0 Å². The van der Waals surface area contributed by atoms with Gasteiger partial charge in [-0.25, -0.2) is 4.79 Å². The summed E-state index contributed by atoms with van der Waals surface area (Å²) in [6.07, 6.45) is 0. The molecule has 0 saturated heterocycles. The van der Waals surface area contributed by atoms with Gasteiger partial charge in [-0.05, 0) is 35.9 Å². The first-order valence-electron chi connectivity index (χ1n) is 9.96. The standard InChI is InChI=1S/C24H19ClN4O4/c1-33-19-12-7-11-18(14-19)29-24(32)28(15-16-8-5-6-13-20(16)25)23(31)21(27-29)22(30)26-17-9-3-2-4-10-17/h2-14H,15H2,1H3,(H,26,30). The van der Waals surface area contributed by atoms with Crippen molar-refractivity contribution in [3.63, 3.8) is 0 Å². The number of benzene rings is 3. The first kappa shape index (κ1) is 22.0. The van der Waals surface area contributed by atoms with Crippen LogP contribution in [0.25, 0.3) is 5.69 Å². The van der Waals surface area contributed by atoms with Crippen molar-refractivity contribution in [3.05, 3.63) is 116 Å². The topological polar surface area (TPSA) is 95.2 Å². The minimum absolute atomic E-state index is 0.130. The Balaban J connectivity index is 1.88. The van der Waals surface area contributed by atoms with Gasteiger partial charge in [-0.2, -0.15) is 9.78 Å². The molecular weight excluding hydrogens is 444 g/mol. The lowest BCUT2D eigenvalue weighted by atomic mass is 10.2. The van der Waals surface area contributed by atoms with Crippen molar-refractivity contribution < 1.29 is 9.53 Å². The van der Waals surface area contributed by atoms with Gasteiger partial charge in [-0.3, -0.25) is 14.2 Å². The summed E-state index contributed by atoms with van der Waals surface area (Å²) in [5.74, 6) is -0.254. The normalized spacial score (nSPS) is 10.6. The van der Waals surface area contributed by atoms with Crippen LogP contribution in [0.2, 0.25) is 5.02 Å². The Morgan fingerprint density at radius 2 is 1.73 bits per heavy atom. The van der Waals surface area contributed by atoms with Crippen molar-refractivity contribution in [1.82, 2.24) is 14.3 Å². The van der Waals surface area contributed by atoms with Crippen LogP contribution in [-0.2, 0) is 6.54 Å². The van der Waals surface area contributed by atoms with Gasteiger partial charge >= 0.3 is 5.69 Å². The highest BCUT2D eigenvalue weighted by Gasteiger charge is 2.21. The van der Waals surface area contributed by atoms with Gasteiger partial charge in [0.2, 0.25) is 5.69 Å². The fraction of sp³-hybridized carbons (Fsp3) is 0.0833. The van der Waals surface area contributed by atoms with Crippen molar-refractivity contribution in [1.29, 1.82) is 0 Å². The third-order valence-corrected chi connectivity index (χ3v) is 5.26. The molecule has 0 fully saturated rings. The van der Waals surface area contributed by atoms with E-state index in [0.717, 1.165) is 9.25 Å². The minimum atomic E-state index is -0.826. The number of amides is 1. The fourth-order valence-electron chi connectivity index (χ4n) is 3.22. The number of aromatic nitrogens is 3. The predicted molar refractivity (Wildman–Crippen MR) is 126 cm³/mol. The number of para-hydroxylation sites is 1. The average Bonchev–Trinajstić information content (AvgIpc) is 2.83. The number of carbonyl (C=O) groups is 1. The molecular formula is C24H19ClN4O4. The molecule has 4 aromatic rings. The van der Waals surface area contributed by atoms with E-state index in [0.29, 0.717) is 27.7 Å². The first-order chi connectivity index (χ1) is 16.0.